The van der Waals surface area contributed by atoms with Gasteiger partial charge in [0.2, 0.25) is 0 Å². The highest BCUT2D eigenvalue weighted by molar-refractivity contribution is 7.15. The average molecular weight is 285 g/mol. The van der Waals surface area contributed by atoms with Crippen molar-refractivity contribution in [1.82, 2.24) is 9.38 Å². The highest BCUT2D eigenvalue weighted by Crippen LogP contribution is 2.31. The average Bonchev–Trinajstić information content (AvgIpc) is 3.00. The normalized spacial score (nSPS) is 11.6. The molecule has 2 N–H and O–H groups in total. The number of aromatic nitrogens is 2. The molecule has 0 saturated heterocycles. The van der Waals surface area contributed by atoms with Crippen molar-refractivity contribution in [2.24, 2.45) is 5.73 Å². The number of rotatable bonds is 4. The predicted molar refractivity (Wildman–Crippen MR) is 85.4 cm³/mol. The van der Waals surface area contributed by atoms with E-state index in [9.17, 15) is 0 Å². The molecular weight excluding hydrogens is 266 g/mol. The van der Waals surface area contributed by atoms with Gasteiger partial charge in [0.25, 0.3) is 0 Å². The van der Waals surface area contributed by atoms with E-state index < -0.39 is 0 Å². The minimum atomic E-state index is 0.484. The number of imidazole rings is 1. The smallest absolute Gasteiger partial charge is 0.194 e. The van der Waals surface area contributed by atoms with Crippen molar-refractivity contribution in [1.29, 1.82) is 0 Å². The molecule has 20 heavy (non-hydrogen) atoms. The van der Waals surface area contributed by atoms with Gasteiger partial charge in [-0.3, -0.25) is 4.40 Å². The Morgan fingerprint density at radius 2 is 2.00 bits per heavy atom. The van der Waals surface area contributed by atoms with E-state index in [1.54, 1.807) is 11.3 Å². The lowest BCUT2D eigenvalue weighted by Crippen LogP contribution is -2.07. The summed E-state index contributed by atoms with van der Waals surface area (Å²) in [5.74, 6) is 0.484. The summed E-state index contributed by atoms with van der Waals surface area (Å²) >= 11 is 1.71. The molecule has 0 aliphatic carbocycles. The molecule has 0 atom stereocenters. The maximum Gasteiger partial charge on any atom is 0.194 e. The number of thiazole rings is 1. The summed E-state index contributed by atoms with van der Waals surface area (Å²) in [6, 6.07) is 10.4. The van der Waals surface area contributed by atoms with Crippen molar-refractivity contribution in [3.05, 3.63) is 47.1 Å². The summed E-state index contributed by atoms with van der Waals surface area (Å²) in [5.41, 5.74) is 10.6. The van der Waals surface area contributed by atoms with Crippen LogP contribution in [0.2, 0.25) is 0 Å². The Labute approximate surface area is 123 Å². The van der Waals surface area contributed by atoms with Crippen LogP contribution in [0.25, 0.3) is 16.2 Å². The first kappa shape index (κ1) is 13.3. The molecule has 0 amide bonds. The molecule has 1 aromatic carbocycles. The van der Waals surface area contributed by atoms with Crippen LogP contribution >= 0.6 is 11.3 Å². The Bertz CT molecular complexity index is 710. The molecule has 0 fully saturated rings. The van der Waals surface area contributed by atoms with Crippen LogP contribution < -0.4 is 5.73 Å². The van der Waals surface area contributed by atoms with E-state index in [2.05, 4.69) is 47.9 Å². The van der Waals surface area contributed by atoms with Crippen LogP contribution in [0.5, 0.6) is 0 Å². The van der Waals surface area contributed by atoms with Crippen molar-refractivity contribution in [2.45, 2.75) is 26.2 Å². The maximum absolute atomic E-state index is 5.81. The molecule has 3 aromatic rings. The highest BCUT2D eigenvalue weighted by Gasteiger charge is 2.18. The fraction of sp³-hybridized carbons (Fsp3) is 0.312. The lowest BCUT2D eigenvalue weighted by molar-refractivity contribution is 0.786. The van der Waals surface area contributed by atoms with E-state index in [0.717, 1.165) is 17.1 Å². The number of nitrogens with zero attached hydrogens (tertiary/aromatic N) is 2. The summed E-state index contributed by atoms with van der Waals surface area (Å²) in [6.07, 6.45) is 0.849. The summed E-state index contributed by atoms with van der Waals surface area (Å²) < 4.78 is 2.30. The van der Waals surface area contributed by atoms with Gasteiger partial charge in [-0.25, -0.2) is 4.98 Å². The molecule has 0 saturated carbocycles. The van der Waals surface area contributed by atoms with Crippen LogP contribution in [-0.2, 0) is 6.42 Å². The molecule has 0 bridgehead atoms. The van der Waals surface area contributed by atoms with Crippen LogP contribution in [0.15, 0.2) is 35.7 Å². The minimum absolute atomic E-state index is 0.484. The molecule has 0 spiro atoms. The van der Waals surface area contributed by atoms with Crippen molar-refractivity contribution in [3.63, 3.8) is 0 Å². The van der Waals surface area contributed by atoms with Gasteiger partial charge in [0.15, 0.2) is 4.96 Å². The van der Waals surface area contributed by atoms with Crippen LogP contribution in [-0.4, -0.2) is 15.9 Å². The fourth-order valence-corrected chi connectivity index (χ4v) is 3.60. The van der Waals surface area contributed by atoms with Gasteiger partial charge < -0.3 is 5.73 Å². The predicted octanol–water partition coefficient (Wildman–Crippen LogP) is 3.69. The third-order valence-corrected chi connectivity index (χ3v) is 4.35. The zero-order valence-corrected chi connectivity index (χ0v) is 12.7. The fourth-order valence-electron chi connectivity index (χ4n) is 2.53. The van der Waals surface area contributed by atoms with Crippen LogP contribution in [0.1, 0.15) is 31.2 Å². The minimum Gasteiger partial charge on any atom is -0.330 e. The summed E-state index contributed by atoms with van der Waals surface area (Å²) in [7, 11) is 0. The molecule has 3 rings (SSSR count). The second-order valence-electron chi connectivity index (χ2n) is 5.25. The van der Waals surface area contributed by atoms with Crippen molar-refractivity contribution in [3.8, 4) is 11.3 Å². The molecular formula is C16H19N3S. The van der Waals surface area contributed by atoms with E-state index in [0.29, 0.717) is 12.5 Å². The first-order valence-corrected chi connectivity index (χ1v) is 7.84. The Morgan fingerprint density at radius 1 is 1.25 bits per heavy atom. The molecule has 0 unspecified atom stereocenters. The van der Waals surface area contributed by atoms with Crippen molar-refractivity contribution >= 4 is 16.3 Å². The van der Waals surface area contributed by atoms with E-state index >= 15 is 0 Å². The quantitative estimate of drug-likeness (QED) is 0.794. The van der Waals surface area contributed by atoms with Gasteiger partial charge in [-0.2, -0.15) is 0 Å². The number of fused-ring (bicyclic) bond motifs is 1. The molecule has 4 heteroatoms. The Hall–Kier alpha value is -1.65. The lowest BCUT2D eigenvalue weighted by atomic mass is 10.1. The number of nitrogens with two attached hydrogens (primary N) is 1. The maximum atomic E-state index is 5.81. The third kappa shape index (κ3) is 2.15. The zero-order chi connectivity index (χ0) is 14.1. The molecule has 0 aliphatic heterocycles. The first-order valence-electron chi connectivity index (χ1n) is 6.96. The van der Waals surface area contributed by atoms with Gasteiger partial charge in [0.1, 0.15) is 0 Å². The van der Waals surface area contributed by atoms with Gasteiger partial charge in [-0.05, 0) is 12.5 Å². The van der Waals surface area contributed by atoms with Gasteiger partial charge in [-0.15, -0.1) is 11.3 Å². The number of hydrogen-bond donors (Lipinski definition) is 1. The van der Waals surface area contributed by atoms with Crippen LogP contribution in [0.4, 0.5) is 0 Å². The first-order chi connectivity index (χ1) is 9.72. The standard InChI is InChI=1S/C16H19N3S/c1-11(2)14-10-20-16-18-15(12-6-4-3-5-7-12)13(8-9-17)19(14)16/h3-7,10-11H,8-9,17H2,1-2H3. The van der Waals surface area contributed by atoms with Crippen molar-refractivity contribution in [2.75, 3.05) is 6.54 Å². The largest absolute Gasteiger partial charge is 0.330 e. The Balaban J connectivity index is 2.25. The molecule has 104 valence electrons. The lowest BCUT2D eigenvalue weighted by Gasteiger charge is -2.08. The van der Waals surface area contributed by atoms with Gasteiger partial charge >= 0.3 is 0 Å². The molecule has 3 nitrogen and oxygen atoms in total. The van der Waals surface area contributed by atoms with Crippen LogP contribution in [0.3, 0.4) is 0 Å². The molecule has 0 aliphatic rings. The van der Waals surface area contributed by atoms with E-state index in [1.807, 2.05) is 6.07 Å². The highest BCUT2D eigenvalue weighted by atomic mass is 32.1. The van der Waals surface area contributed by atoms with E-state index in [1.165, 1.54) is 17.0 Å². The molecule has 0 radical (unpaired) electrons. The topological polar surface area (TPSA) is 43.3 Å². The third-order valence-electron chi connectivity index (χ3n) is 3.51. The summed E-state index contributed by atoms with van der Waals surface area (Å²) in [6.45, 7) is 5.08. The SMILES string of the molecule is CC(C)c1csc2nc(-c3ccccc3)c(CCN)n12. The van der Waals surface area contributed by atoms with Gasteiger partial charge in [0.05, 0.1) is 11.4 Å². The van der Waals surface area contributed by atoms with E-state index in [4.69, 9.17) is 10.7 Å². The second-order valence-corrected chi connectivity index (χ2v) is 6.08. The van der Waals surface area contributed by atoms with Crippen molar-refractivity contribution < 1.29 is 0 Å². The second kappa shape index (κ2) is 5.38. The van der Waals surface area contributed by atoms with Crippen LogP contribution in [0, 0.1) is 0 Å². The Morgan fingerprint density at radius 3 is 2.65 bits per heavy atom. The monoisotopic (exact) mass is 285 g/mol. The summed E-state index contributed by atoms with van der Waals surface area (Å²) in [4.78, 5) is 5.90. The Kier molecular flexibility index (Phi) is 3.59. The van der Waals surface area contributed by atoms with Gasteiger partial charge in [0, 0.05) is 23.1 Å². The molecule has 2 heterocycles. The molecule has 2 aromatic heterocycles. The van der Waals surface area contributed by atoms with E-state index in [-0.39, 0.29) is 0 Å². The number of hydrogen-bond acceptors (Lipinski definition) is 3. The number of benzene rings is 1. The zero-order valence-electron chi connectivity index (χ0n) is 11.8. The van der Waals surface area contributed by atoms with Gasteiger partial charge in [-0.1, -0.05) is 44.2 Å². The summed E-state index contributed by atoms with van der Waals surface area (Å²) in [5, 5.41) is 2.21.